The Morgan fingerprint density at radius 3 is 1.83 bits per heavy atom. The highest BCUT2D eigenvalue weighted by Gasteiger charge is 2.40. The Hall–Kier alpha value is -0.160. The van der Waals surface area contributed by atoms with Crippen LogP contribution in [0.5, 0.6) is 0 Å². The van der Waals surface area contributed by atoms with Gasteiger partial charge in [-0.15, -0.1) is 0 Å². The third-order valence-corrected chi connectivity index (χ3v) is 2.34. The highest BCUT2D eigenvalue weighted by Crippen LogP contribution is 2.22. The van der Waals surface area contributed by atoms with Gasteiger partial charge in [0.2, 0.25) is 0 Å². The molecule has 0 spiro atoms. The van der Waals surface area contributed by atoms with Gasteiger partial charge in [-0.05, 0) is 13.8 Å². The molecular formula is C8H16O4. The molecule has 1 aliphatic rings. The summed E-state index contributed by atoms with van der Waals surface area (Å²) in [6.45, 7) is 3.53. The van der Waals surface area contributed by atoms with E-state index in [1.54, 1.807) is 13.8 Å². The predicted octanol–water partition coefficient (Wildman–Crippen LogP) is -0.470. The van der Waals surface area contributed by atoms with E-state index in [0.717, 1.165) is 0 Å². The fraction of sp³-hybridized carbons (Fsp3) is 1.00. The second kappa shape index (κ2) is 3.70. The maximum Gasteiger partial charge on any atom is 0.114 e. The molecule has 1 fully saturated rings. The van der Waals surface area contributed by atoms with Gasteiger partial charge in [-0.25, -0.2) is 0 Å². The summed E-state index contributed by atoms with van der Waals surface area (Å²) in [4.78, 5) is 0. The monoisotopic (exact) mass is 176 g/mol. The van der Waals surface area contributed by atoms with Crippen molar-refractivity contribution in [3.05, 3.63) is 0 Å². The first-order valence-electron chi connectivity index (χ1n) is 4.12. The van der Waals surface area contributed by atoms with Crippen molar-refractivity contribution >= 4 is 0 Å². The minimum Gasteiger partial charge on any atom is -0.388 e. The summed E-state index contributed by atoms with van der Waals surface area (Å²) in [6.07, 6.45) is -2.60. The van der Waals surface area contributed by atoms with Crippen LogP contribution >= 0.6 is 0 Å². The third kappa shape index (κ3) is 1.61. The van der Waals surface area contributed by atoms with E-state index >= 15 is 0 Å². The van der Waals surface area contributed by atoms with Crippen molar-refractivity contribution in [1.82, 2.24) is 0 Å². The highest BCUT2D eigenvalue weighted by atomic mass is 16.6. The molecule has 1 rings (SSSR count). The van der Waals surface area contributed by atoms with Crippen molar-refractivity contribution in [1.29, 1.82) is 0 Å². The van der Waals surface area contributed by atoms with Crippen LogP contribution in [0.4, 0.5) is 0 Å². The SMILES string of the molecule is COC1[C@H](O)C(C)OC(C)[C@@H]1O. The molecule has 0 bridgehead atoms. The molecule has 0 saturated carbocycles. The zero-order valence-electron chi connectivity index (χ0n) is 7.60. The van der Waals surface area contributed by atoms with Crippen LogP contribution in [0.15, 0.2) is 0 Å². The molecule has 0 radical (unpaired) electrons. The Morgan fingerprint density at radius 2 is 1.50 bits per heavy atom. The van der Waals surface area contributed by atoms with E-state index in [9.17, 15) is 10.2 Å². The lowest BCUT2D eigenvalue weighted by atomic mass is 9.96. The summed E-state index contributed by atoms with van der Waals surface area (Å²) >= 11 is 0. The van der Waals surface area contributed by atoms with Crippen molar-refractivity contribution in [3.63, 3.8) is 0 Å². The van der Waals surface area contributed by atoms with Gasteiger partial charge in [-0.1, -0.05) is 0 Å². The Kier molecular flexibility index (Phi) is 3.06. The molecule has 1 saturated heterocycles. The molecule has 12 heavy (non-hydrogen) atoms. The fourth-order valence-corrected chi connectivity index (χ4v) is 1.51. The molecule has 0 aliphatic carbocycles. The van der Waals surface area contributed by atoms with E-state index < -0.39 is 18.3 Å². The third-order valence-electron chi connectivity index (χ3n) is 2.34. The number of hydrogen-bond donors (Lipinski definition) is 2. The lowest BCUT2D eigenvalue weighted by molar-refractivity contribution is -0.219. The van der Waals surface area contributed by atoms with Crippen molar-refractivity contribution < 1.29 is 19.7 Å². The van der Waals surface area contributed by atoms with E-state index in [1.807, 2.05) is 0 Å². The Morgan fingerprint density at radius 1 is 1.08 bits per heavy atom. The summed E-state index contributed by atoms with van der Waals surface area (Å²) in [6, 6.07) is 0. The maximum atomic E-state index is 9.52. The quantitative estimate of drug-likeness (QED) is 0.567. The summed E-state index contributed by atoms with van der Waals surface area (Å²) in [5.41, 5.74) is 0. The summed E-state index contributed by atoms with van der Waals surface area (Å²) < 4.78 is 10.2. The van der Waals surface area contributed by atoms with Crippen molar-refractivity contribution in [3.8, 4) is 0 Å². The standard InChI is InChI=1S/C8H16O4/c1-4-6(9)8(11-3)7(10)5(2)12-4/h4-10H,1-3H3/t4?,5?,6-,7+,8?. The van der Waals surface area contributed by atoms with Gasteiger partial charge in [-0.2, -0.15) is 0 Å². The average Bonchev–Trinajstić information content (AvgIpc) is 2.02. The number of aliphatic hydroxyl groups is 2. The van der Waals surface area contributed by atoms with Gasteiger partial charge in [0.15, 0.2) is 0 Å². The van der Waals surface area contributed by atoms with Crippen molar-refractivity contribution in [2.45, 2.75) is 44.4 Å². The molecule has 0 aromatic rings. The zero-order chi connectivity index (χ0) is 9.30. The smallest absolute Gasteiger partial charge is 0.114 e. The maximum absolute atomic E-state index is 9.52. The normalized spacial score (nSPS) is 49.2. The minimum absolute atomic E-state index is 0.284. The van der Waals surface area contributed by atoms with E-state index in [2.05, 4.69) is 0 Å². The molecule has 0 aromatic carbocycles. The second-order valence-corrected chi connectivity index (χ2v) is 3.23. The minimum atomic E-state index is -0.749. The first-order valence-corrected chi connectivity index (χ1v) is 4.12. The molecule has 0 amide bonds. The van der Waals surface area contributed by atoms with Gasteiger partial charge < -0.3 is 19.7 Å². The van der Waals surface area contributed by atoms with E-state index in [0.29, 0.717) is 0 Å². The number of ether oxygens (including phenoxy) is 2. The number of hydrogen-bond acceptors (Lipinski definition) is 4. The summed E-state index contributed by atoms with van der Waals surface area (Å²) in [7, 11) is 1.47. The Labute approximate surface area is 72.1 Å². The van der Waals surface area contributed by atoms with E-state index in [4.69, 9.17) is 9.47 Å². The Bertz CT molecular complexity index is 136. The molecule has 2 N–H and O–H groups in total. The summed E-state index contributed by atoms with van der Waals surface area (Å²) in [5, 5.41) is 19.0. The summed E-state index contributed by atoms with van der Waals surface area (Å²) in [5.74, 6) is 0. The highest BCUT2D eigenvalue weighted by molar-refractivity contribution is 4.89. The molecule has 1 aliphatic heterocycles. The molecular weight excluding hydrogens is 160 g/mol. The largest absolute Gasteiger partial charge is 0.388 e. The van der Waals surface area contributed by atoms with Gasteiger partial charge in [-0.3, -0.25) is 0 Å². The molecule has 5 atom stereocenters. The molecule has 4 nitrogen and oxygen atoms in total. The van der Waals surface area contributed by atoms with Gasteiger partial charge in [0.25, 0.3) is 0 Å². The van der Waals surface area contributed by atoms with Crippen LogP contribution in [0.2, 0.25) is 0 Å². The van der Waals surface area contributed by atoms with Crippen molar-refractivity contribution in [2.24, 2.45) is 0 Å². The average molecular weight is 176 g/mol. The van der Waals surface area contributed by atoms with Gasteiger partial charge in [0.05, 0.1) is 12.2 Å². The van der Waals surface area contributed by atoms with Gasteiger partial charge in [0.1, 0.15) is 18.3 Å². The number of aliphatic hydroxyl groups excluding tert-OH is 2. The van der Waals surface area contributed by atoms with Crippen molar-refractivity contribution in [2.75, 3.05) is 7.11 Å². The topological polar surface area (TPSA) is 58.9 Å². The molecule has 1 heterocycles. The first-order chi connectivity index (χ1) is 5.57. The van der Waals surface area contributed by atoms with Gasteiger partial charge >= 0.3 is 0 Å². The second-order valence-electron chi connectivity index (χ2n) is 3.23. The van der Waals surface area contributed by atoms with Crippen LogP contribution in [0.25, 0.3) is 0 Å². The van der Waals surface area contributed by atoms with Crippen LogP contribution in [0.3, 0.4) is 0 Å². The molecule has 3 unspecified atom stereocenters. The lowest BCUT2D eigenvalue weighted by Gasteiger charge is -2.39. The van der Waals surface area contributed by atoms with E-state index in [1.165, 1.54) is 7.11 Å². The van der Waals surface area contributed by atoms with Crippen LogP contribution in [-0.4, -0.2) is 47.8 Å². The van der Waals surface area contributed by atoms with Crippen LogP contribution < -0.4 is 0 Å². The lowest BCUT2D eigenvalue weighted by Crippen LogP contribution is -2.56. The zero-order valence-corrected chi connectivity index (χ0v) is 7.60. The predicted molar refractivity (Wildman–Crippen MR) is 42.8 cm³/mol. The number of methoxy groups -OCH3 is 1. The van der Waals surface area contributed by atoms with Gasteiger partial charge in [0, 0.05) is 7.11 Å². The van der Waals surface area contributed by atoms with E-state index in [-0.39, 0.29) is 12.2 Å². The Balaban J connectivity index is 2.67. The molecule has 0 aromatic heterocycles. The van der Waals surface area contributed by atoms with Crippen LogP contribution in [0.1, 0.15) is 13.8 Å². The molecule has 72 valence electrons. The first kappa shape index (κ1) is 9.92. The number of rotatable bonds is 1. The fourth-order valence-electron chi connectivity index (χ4n) is 1.51. The van der Waals surface area contributed by atoms with Crippen LogP contribution in [0, 0.1) is 0 Å². The van der Waals surface area contributed by atoms with Crippen LogP contribution in [-0.2, 0) is 9.47 Å². The molecule has 4 heteroatoms.